The first-order valence-electron chi connectivity index (χ1n) is 6.39. The van der Waals surface area contributed by atoms with Crippen molar-refractivity contribution in [3.63, 3.8) is 0 Å². The largest absolute Gasteiger partial charge is 0.460 e. The summed E-state index contributed by atoms with van der Waals surface area (Å²) in [4.78, 5) is 19.1. The summed E-state index contributed by atoms with van der Waals surface area (Å²) >= 11 is 0. The number of hydrogen-bond donors (Lipinski definition) is 2. The highest BCUT2D eigenvalue weighted by Gasteiger charge is 2.44. The van der Waals surface area contributed by atoms with Gasteiger partial charge >= 0.3 is 5.97 Å². The smallest absolute Gasteiger partial charge is 0.302 e. The molecule has 0 spiro atoms. The Morgan fingerprint density at radius 3 is 1.71 bits per heavy atom. The second-order valence-corrected chi connectivity index (χ2v) is 7.92. The van der Waals surface area contributed by atoms with Crippen LogP contribution in [0.15, 0.2) is 0 Å². The molecule has 0 amide bonds. The first kappa shape index (κ1) is 23.1. The normalized spacial score (nSPS) is 19.0. The summed E-state index contributed by atoms with van der Waals surface area (Å²) in [5, 5.41) is -1.65. The number of esters is 1. The van der Waals surface area contributed by atoms with E-state index in [1.54, 1.807) is 6.92 Å². The second kappa shape index (κ2) is 10.2. The van der Waals surface area contributed by atoms with Gasteiger partial charge in [-0.25, -0.2) is 0 Å². The first-order chi connectivity index (χ1) is 10.8. The molecule has 0 aliphatic carbocycles. The van der Waals surface area contributed by atoms with E-state index in [0.717, 1.165) is 19.6 Å². The maximum absolute atomic E-state index is 10.2. The molecular weight excluding hydrogens is 376 g/mol. The maximum Gasteiger partial charge on any atom is 0.302 e. The minimum Gasteiger partial charge on any atom is -0.460 e. The molecule has 2 saturated heterocycles. The second-order valence-electron chi connectivity index (χ2n) is 4.65. The van der Waals surface area contributed by atoms with Crippen LogP contribution in [0.3, 0.4) is 0 Å². The van der Waals surface area contributed by atoms with Gasteiger partial charge in [0, 0.05) is 6.92 Å². The van der Waals surface area contributed by atoms with E-state index in [1.807, 2.05) is 0 Å². The molecule has 2 N–H and O–H groups in total. The lowest BCUT2D eigenvalue weighted by molar-refractivity contribution is -0.142. The zero-order chi connectivity index (χ0) is 18.9. The molecule has 0 unspecified atom stereocenters. The molecular formula is C10H20O12S2. The third-order valence-electron chi connectivity index (χ3n) is 1.95. The Morgan fingerprint density at radius 1 is 1.08 bits per heavy atom. The van der Waals surface area contributed by atoms with Crippen molar-refractivity contribution in [3.05, 3.63) is 0 Å². The average molecular weight is 396 g/mol. The topological polar surface area (TPSA) is 179 Å². The Balaban J connectivity index is 0.000000337. The van der Waals surface area contributed by atoms with Crippen molar-refractivity contribution >= 4 is 26.2 Å². The molecule has 2 heterocycles. The van der Waals surface area contributed by atoms with E-state index in [-0.39, 0.29) is 12.6 Å². The minimum absolute atomic E-state index is 0.169. The number of hydrogen-bond acceptors (Lipinski definition) is 10. The lowest BCUT2D eigenvalue weighted by Gasteiger charge is -2.09. The first-order valence-corrected chi connectivity index (χ1v) is 9.61. The predicted octanol–water partition coefficient (Wildman–Crippen LogP) is -0.672. The molecule has 2 fully saturated rings. The van der Waals surface area contributed by atoms with E-state index < -0.39 is 31.1 Å². The summed E-state index contributed by atoms with van der Waals surface area (Å²) in [6.45, 7) is 5.45. The summed E-state index contributed by atoms with van der Waals surface area (Å²) < 4.78 is 68.5. The van der Waals surface area contributed by atoms with E-state index in [4.69, 9.17) is 18.6 Å². The molecule has 0 aromatic carbocycles. The van der Waals surface area contributed by atoms with Crippen molar-refractivity contribution < 1.29 is 54.7 Å². The SMILES string of the molecule is C1COCOC1.CC(=O)OCC1(C)OO1.O=S(=O)(O)CS(=O)(=O)O. The third kappa shape index (κ3) is 17.5. The van der Waals surface area contributed by atoms with Crippen LogP contribution in [0.25, 0.3) is 0 Å². The van der Waals surface area contributed by atoms with E-state index in [2.05, 4.69) is 14.5 Å². The van der Waals surface area contributed by atoms with Crippen LogP contribution in [0.4, 0.5) is 0 Å². The average Bonchev–Trinajstić information content (AvgIpc) is 3.14. The molecule has 12 nitrogen and oxygen atoms in total. The van der Waals surface area contributed by atoms with Gasteiger partial charge in [-0.15, -0.1) is 0 Å². The molecule has 0 bridgehead atoms. The van der Waals surface area contributed by atoms with Gasteiger partial charge in [0.25, 0.3) is 26.0 Å². The number of rotatable bonds is 4. The summed E-state index contributed by atoms with van der Waals surface area (Å²) in [7, 11) is -9.24. The van der Waals surface area contributed by atoms with Crippen LogP contribution in [-0.2, 0) is 49.0 Å². The molecule has 0 atom stereocenters. The van der Waals surface area contributed by atoms with Gasteiger partial charge in [0.05, 0.1) is 13.2 Å². The van der Waals surface area contributed by atoms with Crippen molar-refractivity contribution in [2.45, 2.75) is 26.1 Å². The zero-order valence-corrected chi connectivity index (χ0v) is 14.7. The summed E-state index contributed by atoms with van der Waals surface area (Å²) in [6, 6.07) is 0. The lowest BCUT2D eigenvalue weighted by atomic mass is 10.4. The van der Waals surface area contributed by atoms with Gasteiger partial charge in [0.15, 0.2) is 6.61 Å². The van der Waals surface area contributed by atoms with Gasteiger partial charge in [-0.3, -0.25) is 13.9 Å². The molecule has 2 rings (SSSR count). The molecule has 0 radical (unpaired) electrons. The maximum atomic E-state index is 10.2. The Labute approximate surface area is 139 Å². The molecule has 0 aromatic heterocycles. The fraction of sp³-hybridized carbons (Fsp3) is 0.900. The van der Waals surface area contributed by atoms with E-state index in [0.29, 0.717) is 6.79 Å². The Kier molecular flexibility index (Phi) is 9.83. The van der Waals surface area contributed by atoms with Crippen molar-refractivity contribution in [1.29, 1.82) is 0 Å². The summed E-state index contributed by atoms with van der Waals surface area (Å²) in [5.74, 6) is -0.985. The highest BCUT2D eigenvalue weighted by Crippen LogP contribution is 2.28. The fourth-order valence-corrected chi connectivity index (χ4v) is 2.49. The molecule has 0 aromatic rings. The predicted molar refractivity (Wildman–Crippen MR) is 76.6 cm³/mol. The number of carbonyl (C=O) groups is 1. The quantitative estimate of drug-likeness (QED) is 0.265. The number of ether oxygens (including phenoxy) is 3. The highest BCUT2D eigenvalue weighted by atomic mass is 32.3. The highest BCUT2D eigenvalue weighted by molar-refractivity contribution is 8.02. The molecule has 2 aliphatic rings. The van der Waals surface area contributed by atoms with Gasteiger partial charge in [-0.1, -0.05) is 0 Å². The van der Waals surface area contributed by atoms with E-state index in [9.17, 15) is 21.6 Å². The van der Waals surface area contributed by atoms with Gasteiger partial charge in [0.2, 0.25) is 5.08 Å². The molecule has 2 aliphatic heterocycles. The Bertz CT molecular complexity index is 531. The van der Waals surface area contributed by atoms with Crippen molar-refractivity contribution in [1.82, 2.24) is 0 Å². The van der Waals surface area contributed by atoms with Gasteiger partial charge in [-0.2, -0.15) is 26.6 Å². The van der Waals surface area contributed by atoms with Crippen LogP contribution in [0.5, 0.6) is 0 Å². The van der Waals surface area contributed by atoms with E-state index >= 15 is 0 Å². The van der Waals surface area contributed by atoms with Crippen LogP contribution in [0, 0.1) is 0 Å². The van der Waals surface area contributed by atoms with Gasteiger partial charge in [0.1, 0.15) is 6.79 Å². The Hall–Kier alpha value is -0.870. The minimum atomic E-state index is -4.62. The zero-order valence-electron chi connectivity index (χ0n) is 13.0. The fourth-order valence-electron chi connectivity index (χ4n) is 0.980. The van der Waals surface area contributed by atoms with Gasteiger partial charge in [-0.05, 0) is 13.3 Å². The molecule has 144 valence electrons. The third-order valence-corrected chi connectivity index (χ3v) is 4.33. The molecule has 14 heteroatoms. The summed E-state index contributed by atoms with van der Waals surface area (Å²) in [6.07, 6.45) is 1.06. The monoisotopic (exact) mass is 396 g/mol. The van der Waals surface area contributed by atoms with Crippen LogP contribution in [0.2, 0.25) is 0 Å². The molecule has 24 heavy (non-hydrogen) atoms. The Morgan fingerprint density at radius 2 is 1.54 bits per heavy atom. The lowest BCUT2D eigenvalue weighted by Crippen LogP contribution is -2.15. The van der Waals surface area contributed by atoms with Crippen molar-refractivity contribution in [3.8, 4) is 0 Å². The van der Waals surface area contributed by atoms with Crippen LogP contribution in [0.1, 0.15) is 20.3 Å². The van der Waals surface area contributed by atoms with Crippen molar-refractivity contribution in [2.24, 2.45) is 0 Å². The molecule has 0 saturated carbocycles. The summed E-state index contributed by atoms with van der Waals surface area (Å²) in [5.41, 5.74) is 0. The van der Waals surface area contributed by atoms with Crippen molar-refractivity contribution in [2.75, 3.05) is 31.7 Å². The standard InChI is InChI=1S/C5H8O4.C4H8O2.CH4O6S2/c1-4(6)7-3-5(2)8-9-5;1-2-5-4-6-3-1;2-8(3,4)1-9(5,6)7/h3H2,1-2H3;1-4H2;1H2,(H,2,3,4)(H,5,6,7). The van der Waals surface area contributed by atoms with Gasteiger partial charge < -0.3 is 14.2 Å². The van der Waals surface area contributed by atoms with Crippen LogP contribution >= 0.6 is 0 Å². The number of carbonyl (C=O) groups excluding carboxylic acids is 1. The van der Waals surface area contributed by atoms with Crippen LogP contribution < -0.4 is 0 Å². The van der Waals surface area contributed by atoms with Crippen LogP contribution in [-0.4, -0.2) is 69.4 Å². The van der Waals surface area contributed by atoms with E-state index in [1.165, 1.54) is 6.92 Å².